The van der Waals surface area contributed by atoms with E-state index in [0.29, 0.717) is 0 Å². The van der Waals surface area contributed by atoms with Crippen LogP contribution in [0.3, 0.4) is 0 Å². The van der Waals surface area contributed by atoms with E-state index in [1.165, 1.54) is 22.1 Å². The summed E-state index contributed by atoms with van der Waals surface area (Å²) in [6, 6.07) is 29.9. The van der Waals surface area contributed by atoms with Crippen molar-refractivity contribution < 1.29 is 0 Å². The maximum atomic E-state index is 3.61. The van der Waals surface area contributed by atoms with E-state index in [-0.39, 0.29) is 14.0 Å². The lowest BCUT2D eigenvalue weighted by atomic mass is 9.69. The number of halogens is 2. The Kier molecular flexibility index (Phi) is 4.92. The molecule has 0 bridgehead atoms. The monoisotopic (exact) mass is 542 g/mol. The van der Waals surface area contributed by atoms with E-state index in [0.717, 1.165) is 31.7 Å². The van der Waals surface area contributed by atoms with Gasteiger partial charge in [0.05, 0.1) is 0 Å². The molecule has 0 aliphatic carbocycles. The third kappa shape index (κ3) is 3.67. The summed E-state index contributed by atoms with van der Waals surface area (Å²) in [5.41, 5.74) is 9.27. The molecule has 0 aromatic heterocycles. The highest BCUT2D eigenvalue weighted by Crippen LogP contribution is 2.36. The maximum absolute atomic E-state index is 3.61. The molecule has 4 aromatic rings. The largest absolute Gasteiger partial charge is 0.406 e. The Morgan fingerprint density at radius 3 is 1.22 bits per heavy atom. The van der Waals surface area contributed by atoms with Crippen LogP contribution in [0.5, 0.6) is 0 Å². The average molecular weight is 544 g/mol. The minimum Gasteiger partial charge on any atom is -0.404 e. The van der Waals surface area contributed by atoms with Crippen LogP contribution >= 0.6 is 31.9 Å². The quantitative estimate of drug-likeness (QED) is 0.263. The molecule has 2 aliphatic rings. The van der Waals surface area contributed by atoms with E-state index in [4.69, 9.17) is 0 Å². The van der Waals surface area contributed by atoms with E-state index in [9.17, 15) is 0 Å². The molecule has 0 radical (unpaired) electrons. The molecule has 0 saturated heterocycles. The standard InChI is InChI=1S/C24H18B2Br2N4/c27-19-7-3-17(4-8-19)25-29-21-11-1-15(13-23(21)31-25)16-2-12-22-24(14-16)32-26(30-22)18-5-9-20(28)10-6-18/h1-14,29-32H. The van der Waals surface area contributed by atoms with Gasteiger partial charge >= 0.3 is 14.0 Å². The SMILES string of the molecule is Brc1ccc(B2Nc3ccc(-c4ccc5c(c4)NB(c4ccc(Br)cc4)N5)cc3N2)cc1. The molecule has 0 amide bonds. The Morgan fingerprint density at radius 1 is 0.438 bits per heavy atom. The lowest BCUT2D eigenvalue weighted by Gasteiger charge is -2.08. The van der Waals surface area contributed by atoms with Gasteiger partial charge in [-0.05, 0) is 70.6 Å². The first kappa shape index (κ1) is 19.8. The first-order valence-electron chi connectivity index (χ1n) is 10.5. The number of rotatable bonds is 3. The molecule has 4 N–H and O–H groups in total. The summed E-state index contributed by atoms with van der Waals surface area (Å²) in [5, 5.41) is 14.3. The third-order valence-electron chi connectivity index (χ3n) is 5.98. The van der Waals surface area contributed by atoms with Crippen LogP contribution in [-0.4, -0.2) is 14.0 Å². The number of anilines is 4. The minimum atomic E-state index is 0.0749. The van der Waals surface area contributed by atoms with Crippen LogP contribution < -0.4 is 31.8 Å². The van der Waals surface area contributed by atoms with Gasteiger partial charge in [0.2, 0.25) is 0 Å². The van der Waals surface area contributed by atoms with E-state index in [2.05, 4.69) is 138 Å². The van der Waals surface area contributed by atoms with Crippen LogP contribution in [0.1, 0.15) is 0 Å². The fraction of sp³-hybridized carbons (Fsp3) is 0. The summed E-state index contributed by atoms with van der Waals surface area (Å²) < 4.78 is 2.17. The molecule has 8 heteroatoms. The first-order valence-corrected chi connectivity index (χ1v) is 12.1. The Hall–Kier alpha value is -2.83. The van der Waals surface area contributed by atoms with Gasteiger partial charge < -0.3 is 20.9 Å². The highest BCUT2D eigenvalue weighted by atomic mass is 79.9. The number of fused-ring (bicyclic) bond motifs is 2. The van der Waals surface area contributed by atoms with Crippen LogP contribution in [0.15, 0.2) is 93.9 Å². The molecule has 0 unspecified atom stereocenters. The molecule has 6 rings (SSSR count). The van der Waals surface area contributed by atoms with Gasteiger partial charge in [0.15, 0.2) is 0 Å². The number of nitrogens with one attached hydrogen (secondary N) is 4. The minimum absolute atomic E-state index is 0.0749. The molecule has 154 valence electrons. The second kappa shape index (κ2) is 7.94. The van der Waals surface area contributed by atoms with Crippen molar-refractivity contribution in [2.24, 2.45) is 0 Å². The van der Waals surface area contributed by atoms with Crippen LogP contribution in [0.4, 0.5) is 22.7 Å². The lowest BCUT2D eigenvalue weighted by molar-refractivity contribution is 1.62. The molecule has 0 fully saturated rings. The van der Waals surface area contributed by atoms with Gasteiger partial charge in [0.1, 0.15) is 0 Å². The molecular weight excluding hydrogens is 526 g/mol. The van der Waals surface area contributed by atoms with Crippen LogP contribution in [-0.2, 0) is 0 Å². The zero-order valence-electron chi connectivity index (χ0n) is 17.0. The summed E-state index contributed by atoms with van der Waals surface area (Å²) >= 11 is 7.01. The summed E-state index contributed by atoms with van der Waals surface area (Å²) in [6.07, 6.45) is 0. The van der Waals surface area contributed by atoms with Crippen molar-refractivity contribution >= 4 is 79.5 Å². The molecule has 0 saturated carbocycles. The molecule has 4 nitrogen and oxygen atoms in total. The summed E-state index contributed by atoms with van der Waals surface area (Å²) in [6.45, 7) is 0.150. The lowest BCUT2D eigenvalue weighted by Crippen LogP contribution is -2.41. The van der Waals surface area contributed by atoms with Gasteiger partial charge in [-0.25, -0.2) is 0 Å². The van der Waals surface area contributed by atoms with Crippen LogP contribution in [0, 0.1) is 0 Å². The van der Waals surface area contributed by atoms with E-state index in [1.54, 1.807) is 0 Å². The first-order chi connectivity index (χ1) is 15.6. The van der Waals surface area contributed by atoms with Crippen molar-refractivity contribution in [3.63, 3.8) is 0 Å². The Bertz CT molecular complexity index is 1210. The van der Waals surface area contributed by atoms with E-state index in [1.807, 2.05) is 0 Å². The van der Waals surface area contributed by atoms with Gasteiger partial charge in [-0.3, -0.25) is 0 Å². The number of benzene rings is 4. The van der Waals surface area contributed by atoms with E-state index < -0.39 is 0 Å². The summed E-state index contributed by atoms with van der Waals surface area (Å²) in [7, 11) is 0. The molecule has 0 spiro atoms. The van der Waals surface area contributed by atoms with Crippen molar-refractivity contribution in [3.05, 3.63) is 93.9 Å². The Balaban J connectivity index is 1.23. The van der Waals surface area contributed by atoms with Gasteiger partial charge in [-0.2, -0.15) is 0 Å². The van der Waals surface area contributed by atoms with Crippen molar-refractivity contribution in [1.29, 1.82) is 0 Å². The topological polar surface area (TPSA) is 48.1 Å². The molecule has 0 atom stereocenters. The zero-order chi connectivity index (χ0) is 21.7. The van der Waals surface area contributed by atoms with Crippen molar-refractivity contribution in [1.82, 2.24) is 0 Å². The predicted molar refractivity (Wildman–Crippen MR) is 145 cm³/mol. The third-order valence-corrected chi connectivity index (χ3v) is 7.04. The highest BCUT2D eigenvalue weighted by molar-refractivity contribution is 9.10. The smallest absolute Gasteiger partial charge is 0.404 e. The van der Waals surface area contributed by atoms with Crippen LogP contribution in [0.2, 0.25) is 0 Å². The molecule has 2 heterocycles. The zero-order valence-corrected chi connectivity index (χ0v) is 20.2. The molecular formula is C24H18B2Br2N4. The summed E-state index contributed by atoms with van der Waals surface area (Å²) in [5.74, 6) is 0. The Labute approximate surface area is 204 Å². The van der Waals surface area contributed by atoms with E-state index >= 15 is 0 Å². The Morgan fingerprint density at radius 2 is 0.812 bits per heavy atom. The van der Waals surface area contributed by atoms with Gasteiger partial charge in [0.25, 0.3) is 0 Å². The second-order valence-electron chi connectivity index (χ2n) is 8.07. The van der Waals surface area contributed by atoms with Crippen molar-refractivity contribution in [2.75, 3.05) is 20.9 Å². The van der Waals surface area contributed by atoms with Gasteiger partial charge in [-0.1, -0.05) is 68.3 Å². The van der Waals surface area contributed by atoms with Gasteiger partial charge in [0, 0.05) is 31.7 Å². The molecule has 4 aromatic carbocycles. The number of hydrogen-bond donors (Lipinski definition) is 4. The second-order valence-corrected chi connectivity index (χ2v) is 9.90. The van der Waals surface area contributed by atoms with Crippen molar-refractivity contribution in [3.8, 4) is 11.1 Å². The molecule has 2 aliphatic heterocycles. The average Bonchev–Trinajstić information content (AvgIpc) is 3.43. The molecule has 32 heavy (non-hydrogen) atoms. The van der Waals surface area contributed by atoms with Crippen LogP contribution in [0.25, 0.3) is 11.1 Å². The number of hydrogen-bond acceptors (Lipinski definition) is 4. The predicted octanol–water partition coefficient (Wildman–Crippen LogP) is 5.34. The maximum Gasteiger partial charge on any atom is 0.406 e. The van der Waals surface area contributed by atoms with Crippen molar-refractivity contribution in [2.45, 2.75) is 0 Å². The fourth-order valence-electron chi connectivity index (χ4n) is 4.28. The normalized spacial score (nSPS) is 13.6. The fourth-order valence-corrected chi connectivity index (χ4v) is 4.80. The highest BCUT2D eigenvalue weighted by Gasteiger charge is 2.28. The van der Waals surface area contributed by atoms with Gasteiger partial charge in [-0.15, -0.1) is 0 Å². The summed E-state index contributed by atoms with van der Waals surface area (Å²) in [4.78, 5) is 0.